The van der Waals surface area contributed by atoms with Crippen molar-refractivity contribution in [2.75, 3.05) is 0 Å². The standard InChI is InChI=1S/2C7H11.Cu.Li/c2*1-5-6-7(2,3)4;;/h2*1,6H,2-4H3;;/q2*-1;2*+1. The van der Waals surface area contributed by atoms with E-state index >= 15 is 0 Å². The monoisotopic (exact) mass is 260 g/mol. The van der Waals surface area contributed by atoms with Gasteiger partial charge in [0.2, 0.25) is 0 Å². The van der Waals surface area contributed by atoms with Crippen molar-refractivity contribution in [2.24, 2.45) is 10.8 Å². The molecule has 0 aromatic rings. The summed E-state index contributed by atoms with van der Waals surface area (Å²) in [7, 11) is 0. The van der Waals surface area contributed by atoms with Crippen LogP contribution in [0.4, 0.5) is 0 Å². The van der Waals surface area contributed by atoms with Crippen LogP contribution < -0.4 is 18.9 Å². The first-order valence-electron chi connectivity index (χ1n) is 4.73. The van der Waals surface area contributed by atoms with Crippen molar-refractivity contribution in [1.82, 2.24) is 0 Å². The van der Waals surface area contributed by atoms with E-state index in [1.54, 1.807) is 0 Å². The van der Waals surface area contributed by atoms with E-state index in [9.17, 15) is 0 Å². The molecule has 0 aliphatic rings. The zero-order valence-electron chi connectivity index (χ0n) is 11.6. The van der Waals surface area contributed by atoms with E-state index in [1.165, 1.54) is 0 Å². The Balaban J connectivity index is -0.0000000800. The third-order valence-electron chi connectivity index (χ3n) is 1.03. The van der Waals surface area contributed by atoms with E-state index in [2.05, 4.69) is 53.0 Å². The van der Waals surface area contributed by atoms with E-state index in [4.69, 9.17) is 13.2 Å². The van der Waals surface area contributed by atoms with Crippen molar-refractivity contribution < 1.29 is 35.9 Å². The first kappa shape index (κ1) is 25.1. The van der Waals surface area contributed by atoms with Crippen LogP contribution in [0.15, 0.2) is 23.6 Å². The molecule has 0 nitrogen and oxygen atoms in total. The van der Waals surface area contributed by atoms with Crippen molar-refractivity contribution in [3.8, 4) is 0 Å². The molecule has 0 saturated heterocycles. The summed E-state index contributed by atoms with van der Waals surface area (Å²) < 4.78 is 0. The Morgan fingerprint density at radius 3 is 0.938 bits per heavy atom. The number of rotatable bonds is 0. The van der Waals surface area contributed by atoms with Gasteiger partial charge in [-0.2, -0.15) is 12.2 Å². The molecule has 0 radical (unpaired) electrons. The van der Waals surface area contributed by atoms with E-state index in [0.29, 0.717) is 0 Å². The maximum absolute atomic E-state index is 5.01. The Hall–Kier alpha value is 0.157. The van der Waals surface area contributed by atoms with Gasteiger partial charge in [-0.3, -0.25) is 0 Å². The Labute approximate surface area is 125 Å². The van der Waals surface area contributed by atoms with Crippen molar-refractivity contribution in [3.05, 3.63) is 36.8 Å². The number of hydrogen-bond acceptors (Lipinski definition) is 0. The summed E-state index contributed by atoms with van der Waals surface area (Å²) in [5.41, 5.74) is 5.34. The Morgan fingerprint density at radius 2 is 0.938 bits per heavy atom. The molecule has 0 N–H and O–H groups in total. The summed E-state index contributed by atoms with van der Waals surface area (Å²) in [4.78, 5) is 0. The molecule has 0 unspecified atom stereocenters. The van der Waals surface area contributed by atoms with E-state index in [-0.39, 0.29) is 46.8 Å². The maximum atomic E-state index is 5.01. The third kappa shape index (κ3) is 36.8. The van der Waals surface area contributed by atoms with Gasteiger partial charge in [-0.15, -0.1) is 0 Å². The van der Waals surface area contributed by atoms with Crippen molar-refractivity contribution in [3.63, 3.8) is 0 Å². The Kier molecular flexibility index (Phi) is 18.3. The molecule has 0 saturated carbocycles. The van der Waals surface area contributed by atoms with Gasteiger partial charge >= 0.3 is 35.9 Å². The van der Waals surface area contributed by atoms with Gasteiger partial charge in [0.05, 0.1) is 0 Å². The molecule has 0 amide bonds. The largest absolute Gasteiger partial charge is 1.00 e. The second kappa shape index (κ2) is 11.6. The van der Waals surface area contributed by atoms with Gasteiger partial charge < -0.3 is 11.5 Å². The quantitative estimate of drug-likeness (QED) is 0.351. The topological polar surface area (TPSA) is 0 Å². The molecule has 0 atom stereocenters. The molecule has 16 heavy (non-hydrogen) atoms. The average Bonchev–Trinajstić information content (AvgIpc) is 1.81. The molecule has 0 heterocycles. The molecule has 0 rings (SSSR count). The second-order valence-corrected chi connectivity index (χ2v) is 5.35. The van der Waals surface area contributed by atoms with Gasteiger partial charge in [-0.25, -0.2) is 13.2 Å². The smallest absolute Gasteiger partial charge is 0.338 e. The molecule has 0 fully saturated rings. The van der Waals surface area contributed by atoms with Crippen molar-refractivity contribution >= 4 is 0 Å². The molecule has 0 aromatic heterocycles. The molecular formula is C14H22CuLi. The summed E-state index contributed by atoms with van der Waals surface area (Å²) >= 11 is 0. The van der Waals surface area contributed by atoms with Crippen LogP contribution in [0.5, 0.6) is 0 Å². The number of hydrogen-bond donors (Lipinski definition) is 0. The van der Waals surface area contributed by atoms with Gasteiger partial charge in [0.15, 0.2) is 0 Å². The minimum atomic E-state index is 0. The van der Waals surface area contributed by atoms with Crippen molar-refractivity contribution in [2.45, 2.75) is 41.5 Å². The second-order valence-electron chi connectivity index (χ2n) is 5.35. The summed E-state index contributed by atoms with van der Waals surface area (Å²) in [6.07, 6.45) is 3.68. The van der Waals surface area contributed by atoms with Crippen LogP contribution >= 0.6 is 0 Å². The van der Waals surface area contributed by atoms with Crippen LogP contribution in [0.2, 0.25) is 0 Å². The number of allylic oxidation sites excluding steroid dienone is 2. The van der Waals surface area contributed by atoms with Gasteiger partial charge in [0.1, 0.15) is 0 Å². The molecule has 0 aliphatic heterocycles. The predicted octanol–water partition coefficient (Wildman–Crippen LogP) is 1.36. The van der Waals surface area contributed by atoms with Crippen LogP contribution in [0, 0.1) is 24.0 Å². The summed E-state index contributed by atoms with van der Waals surface area (Å²) in [6, 6.07) is 0. The van der Waals surface area contributed by atoms with Crippen LogP contribution in [0.1, 0.15) is 41.5 Å². The van der Waals surface area contributed by atoms with Gasteiger partial charge in [0, 0.05) is 0 Å². The fourth-order valence-corrected chi connectivity index (χ4v) is 0.500. The predicted molar refractivity (Wildman–Crippen MR) is 63.7 cm³/mol. The fourth-order valence-electron chi connectivity index (χ4n) is 0.500. The molecule has 0 aromatic carbocycles. The van der Waals surface area contributed by atoms with Crippen LogP contribution in [-0.4, -0.2) is 0 Å². The molecule has 0 spiro atoms. The van der Waals surface area contributed by atoms with Gasteiger partial charge in [-0.1, -0.05) is 52.4 Å². The normalized spacial score (nSPS) is 8.88. The Morgan fingerprint density at radius 1 is 0.750 bits per heavy atom. The zero-order chi connectivity index (χ0) is 11.8. The zero-order valence-corrected chi connectivity index (χ0v) is 12.6. The van der Waals surface area contributed by atoms with E-state index in [1.807, 2.05) is 12.2 Å². The Bertz CT molecular complexity index is 213. The summed E-state index contributed by atoms with van der Waals surface area (Å²) in [5, 5.41) is 0. The minimum Gasteiger partial charge on any atom is -0.338 e. The first-order chi connectivity index (χ1) is 6.12. The summed E-state index contributed by atoms with van der Waals surface area (Å²) in [6.45, 7) is 22.5. The van der Waals surface area contributed by atoms with E-state index < -0.39 is 0 Å². The van der Waals surface area contributed by atoms with Crippen molar-refractivity contribution in [1.29, 1.82) is 0 Å². The minimum absolute atomic E-state index is 0. The molecule has 0 bridgehead atoms. The van der Waals surface area contributed by atoms with Crippen LogP contribution in [-0.2, 0) is 17.1 Å². The third-order valence-corrected chi connectivity index (χ3v) is 1.03. The van der Waals surface area contributed by atoms with E-state index in [0.717, 1.165) is 0 Å². The molecule has 90 valence electrons. The molecule has 0 aliphatic carbocycles. The average molecular weight is 261 g/mol. The molecule has 2 heteroatoms. The summed E-state index contributed by atoms with van der Waals surface area (Å²) in [5.74, 6) is 0. The SMILES string of the molecule is [CH-]=C=CC(C)(C)C.[CH-]=C=CC(C)(C)C.[Cu+].[Li+]. The fraction of sp³-hybridized carbons (Fsp3) is 0.571. The first-order valence-corrected chi connectivity index (χ1v) is 4.73. The van der Waals surface area contributed by atoms with Gasteiger partial charge in [0.25, 0.3) is 0 Å². The maximum Gasteiger partial charge on any atom is 1.00 e. The van der Waals surface area contributed by atoms with Crippen LogP contribution in [0.25, 0.3) is 0 Å². The van der Waals surface area contributed by atoms with Crippen LogP contribution in [0.3, 0.4) is 0 Å². The molecular weight excluding hydrogens is 239 g/mol. The van der Waals surface area contributed by atoms with Gasteiger partial charge in [-0.05, 0) is 0 Å².